The second-order valence-electron chi connectivity index (χ2n) is 9.35. The summed E-state index contributed by atoms with van der Waals surface area (Å²) in [6.45, 7) is 2.07. The monoisotopic (exact) mass is 535 g/mol. The molecule has 0 radical (unpaired) electrons. The Balaban J connectivity index is 1.42. The smallest absolute Gasteiger partial charge is 0.229 e. The maximum atomic E-state index is 11.6. The summed E-state index contributed by atoms with van der Waals surface area (Å²) in [5, 5.41) is 42.9. The first-order valence-corrected chi connectivity index (χ1v) is 14.7. The van der Waals surface area contributed by atoms with E-state index in [4.69, 9.17) is 0 Å². The van der Waals surface area contributed by atoms with Gasteiger partial charge in [0.15, 0.2) is 22.1 Å². The van der Waals surface area contributed by atoms with E-state index < -0.39 is 34.4 Å². The molecule has 2 fully saturated rings. The molecule has 0 bridgehead atoms. The van der Waals surface area contributed by atoms with Gasteiger partial charge in [-0.05, 0) is 30.5 Å². The van der Waals surface area contributed by atoms with Crippen LogP contribution in [0.4, 0.5) is 11.5 Å². The van der Waals surface area contributed by atoms with Gasteiger partial charge in [0.05, 0.1) is 18.4 Å². The summed E-state index contributed by atoms with van der Waals surface area (Å²) in [6, 6.07) is 6.73. The van der Waals surface area contributed by atoms with E-state index in [1.807, 2.05) is 18.2 Å². The molecular weight excluding hydrogens is 506 g/mol. The minimum Gasteiger partial charge on any atom is -0.390 e. The van der Waals surface area contributed by atoms with Crippen molar-refractivity contribution in [2.75, 3.05) is 22.0 Å². The zero-order chi connectivity index (χ0) is 25.6. The third-order valence-electron chi connectivity index (χ3n) is 6.40. The average Bonchev–Trinajstić information content (AvgIpc) is 3.39. The zero-order valence-corrected chi connectivity index (χ0v) is 21.4. The summed E-state index contributed by atoms with van der Waals surface area (Å²) >= 11 is 1.50. The molecule has 14 heteroatoms. The molecule has 12 nitrogen and oxygen atoms in total. The molecule has 2 aromatic heterocycles. The van der Waals surface area contributed by atoms with Crippen molar-refractivity contribution in [3.63, 3.8) is 0 Å². The predicted molar refractivity (Wildman–Crippen MR) is 135 cm³/mol. The summed E-state index contributed by atoms with van der Waals surface area (Å²) in [5.41, 5.74) is 2.39. The Morgan fingerprint density at radius 1 is 1.17 bits per heavy atom. The second-order valence-corrected chi connectivity index (χ2v) is 12.2. The Kier molecular flexibility index (Phi) is 6.80. The number of nitrogens with one attached hydrogen (secondary N) is 2. The van der Waals surface area contributed by atoms with Gasteiger partial charge in [-0.15, -0.1) is 5.10 Å². The van der Waals surface area contributed by atoms with Crippen LogP contribution in [-0.2, 0) is 10.0 Å². The van der Waals surface area contributed by atoms with E-state index in [0.29, 0.717) is 27.8 Å². The fourth-order valence-corrected chi connectivity index (χ4v) is 5.81. The molecule has 0 amide bonds. The Hall–Kier alpha value is -2.52. The quantitative estimate of drug-likeness (QED) is 0.196. The molecule has 1 aromatic carbocycles. The number of nitrogens with zero attached hydrogens (tertiary/aromatic N) is 5. The lowest BCUT2D eigenvalue weighted by atomic mass is 10.1. The SMILES string of the molecule is CCCSc1nc(N[C@H]2C[C@@H]2c2cccc(NS(C)(=O)=O)c2)c2nnn(C3C[C@@H](O)[C@H](O)C3O)c2n1. The molecule has 3 aromatic rings. The topological polar surface area (TPSA) is 175 Å². The van der Waals surface area contributed by atoms with Gasteiger partial charge in [0, 0.05) is 29.8 Å². The van der Waals surface area contributed by atoms with Gasteiger partial charge in [0.2, 0.25) is 10.0 Å². The van der Waals surface area contributed by atoms with Crippen molar-refractivity contribution in [3.05, 3.63) is 29.8 Å². The van der Waals surface area contributed by atoms with Crippen LogP contribution in [-0.4, -0.2) is 85.1 Å². The molecule has 2 heterocycles. The molecule has 6 atom stereocenters. The summed E-state index contributed by atoms with van der Waals surface area (Å²) in [4.78, 5) is 9.30. The fourth-order valence-electron chi connectivity index (χ4n) is 4.56. The molecule has 0 aliphatic heterocycles. The first kappa shape index (κ1) is 25.1. The van der Waals surface area contributed by atoms with Crippen LogP contribution in [0.3, 0.4) is 0 Å². The van der Waals surface area contributed by atoms with Crippen LogP contribution in [0.2, 0.25) is 0 Å². The van der Waals surface area contributed by atoms with E-state index >= 15 is 0 Å². The predicted octanol–water partition coefficient (Wildman–Crippen LogP) is 1.09. The van der Waals surface area contributed by atoms with Gasteiger partial charge in [-0.2, -0.15) is 0 Å². The molecular formula is C22H29N7O5S2. The van der Waals surface area contributed by atoms with Gasteiger partial charge in [0.25, 0.3) is 0 Å². The van der Waals surface area contributed by atoms with Gasteiger partial charge >= 0.3 is 0 Å². The number of aliphatic hydroxyl groups excluding tert-OH is 3. The number of anilines is 2. The highest BCUT2D eigenvalue weighted by molar-refractivity contribution is 7.99. The standard InChI is InChI=1S/C22H29N7O5S2/c1-3-7-35-22-24-20(17-21(25-22)29(28-26-17)15-10-16(30)19(32)18(15)31)23-14-9-13(14)11-5-4-6-12(8-11)27-36(2,33)34/h4-6,8,13-16,18-19,27,30-32H,3,7,9-10H2,1-2H3,(H,23,24,25)/t13-,14+,15?,16-,18?,19+/m1/s1. The van der Waals surface area contributed by atoms with E-state index in [0.717, 1.165) is 30.4 Å². The lowest BCUT2D eigenvalue weighted by Gasteiger charge is -2.16. The van der Waals surface area contributed by atoms with Crippen molar-refractivity contribution in [3.8, 4) is 0 Å². The van der Waals surface area contributed by atoms with Crippen LogP contribution >= 0.6 is 11.8 Å². The average molecular weight is 536 g/mol. The maximum Gasteiger partial charge on any atom is 0.229 e. The van der Waals surface area contributed by atoms with Crippen molar-refractivity contribution in [2.24, 2.45) is 0 Å². The fraction of sp³-hybridized carbons (Fsp3) is 0.545. The van der Waals surface area contributed by atoms with Crippen LogP contribution < -0.4 is 10.0 Å². The molecule has 0 saturated heterocycles. The summed E-state index contributed by atoms with van der Waals surface area (Å²) in [7, 11) is -3.37. The molecule has 0 spiro atoms. The number of sulfonamides is 1. The Morgan fingerprint density at radius 2 is 1.97 bits per heavy atom. The molecule has 2 unspecified atom stereocenters. The van der Waals surface area contributed by atoms with Gasteiger partial charge in [0.1, 0.15) is 12.2 Å². The number of aromatic nitrogens is 5. The van der Waals surface area contributed by atoms with Crippen LogP contribution in [0.5, 0.6) is 0 Å². The van der Waals surface area contributed by atoms with Crippen LogP contribution in [0.1, 0.15) is 43.7 Å². The molecule has 5 N–H and O–H groups in total. The molecule has 5 rings (SSSR count). The summed E-state index contributed by atoms with van der Waals surface area (Å²) in [5.74, 6) is 1.51. The second kappa shape index (κ2) is 9.74. The van der Waals surface area contributed by atoms with Crippen molar-refractivity contribution in [2.45, 2.75) is 67.7 Å². The van der Waals surface area contributed by atoms with Crippen LogP contribution in [0, 0.1) is 0 Å². The Labute approximate surface area is 212 Å². The van der Waals surface area contributed by atoms with Gasteiger partial charge in [-0.3, -0.25) is 4.72 Å². The van der Waals surface area contributed by atoms with Crippen molar-refractivity contribution < 1.29 is 23.7 Å². The largest absolute Gasteiger partial charge is 0.390 e. The number of benzene rings is 1. The van der Waals surface area contributed by atoms with Crippen LogP contribution in [0.15, 0.2) is 29.4 Å². The normalized spacial score (nSPS) is 27.9. The minimum atomic E-state index is -3.37. The van der Waals surface area contributed by atoms with Crippen LogP contribution in [0.25, 0.3) is 11.2 Å². The number of hydrogen-bond donors (Lipinski definition) is 5. The third-order valence-corrected chi connectivity index (χ3v) is 8.06. The molecule has 36 heavy (non-hydrogen) atoms. The van der Waals surface area contributed by atoms with Crippen molar-refractivity contribution in [1.82, 2.24) is 25.0 Å². The Bertz CT molecular complexity index is 1370. The highest BCUT2D eigenvalue weighted by Crippen LogP contribution is 2.44. The first-order chi connectivity index (χ1) is 17.1. The lowest BCUT2D eigenvalue weighted by Crippen LogP contribution is -2.31. The van der Waals surface area contributed by atoms with E-state index in [1.54, 1.807) is 6.07 Å². The maximum absolute atomic E-state index is 11.6. The molecule has 2 aliphatic carbocycles. The van der Waals surface area contributed by atoms with E-state index in [1.165, 1.54) is 16.4 Å². The molecule has 2 aliphatic rings. The number of hydrogen-bond acceptors (Lipinski definition) is 11. The van der Waals surface area contributed by atoms with E-state index in [9.17, 15) is 23.7 Å². The van der Waals surface area contributed by atoms with Gasteiger partial charge < -0.3 is 20.6 Å². The highest BCUT2D eigenvalue weighted by Gasteiger charge is 2.44. The van der Waals surface area contributed by atoms with Gasteiger partial charge in [-0.25, -0.2) is 23.1 Å². The van der Waals surface area contributed by atoms with Crippen molar-refractivity contribution in [1.29, 1.82) is 0 Å². The number of fused-ring (bicyclic) bond motifs is 1. The number of thioether (sulfide) groups is 1. The molecule has 2 saturated carbocycles. The molecule has 194 valence electrons. The van der Waals surface area contributed by atoms with Gasteiger partial charge in [-0.1, -0.05) is 36.0 Å². The van der Waals surface area contributed by atoms with Crippen molar-refractivity contribution >= 4 is 44.5 Å². The zero-order valence-electron chi connectivity index (χ0n) is 19.8. The lowest BCUT2D eigenvalue weighted by molar-refractivity contribution is -0.0253. The van der Waals surface area contributed by atoms with E-state index in [2.05, 4.69) is 37.2 Å². The highest BCUT2D eigenvalue weighted by atomic mass is 32.2. The summed E-state index contributed by atoms with van der Waals surface area (Å²) in [6.07, 6.45) is -0.486. The number of rotatable bonds is 9. The van der Waals surface area contributed by atoms with E-state index in [-0.39, 0.29) is 18.4 Å². The summed E-state index contributed by atoms with van der Waals surface area (Å²) < 4.78 is 27.2. The minimum absolute atomic E-state index is 0.0616. The first-order valence-electron chi connectivity index (χ1n) is 11.8. The Morgan fingerprint density at radius 3 is 2.67 bits per heavy atom. The third kappa shape index (κ3) is 5.13. The number of aliphatic hydroxyl groups is 3.